The molecule has 0 saturated heterocycles. The summed E-state index contributed by atoms with van der Waals surface area (Å²) in [5.41, 5.74) is 1.35. The van der Waals surface area contributed by atoms with E-state index in [-0.39, 0.29) is 29.6 Å². The Morgan fingerprint density at radius 3 is 1.20 bits per heavy atom. The Morgan fingerprint density at radius 1 is 0.440 bits per heavy atom. The zero-order valence-corrected chi connectivity index (χ0v) is 30.4. The minimum atomic E-state index is -3.93. The summed E-state index contributed by atoms with van der Waals surface area (Å²) in [6.07, 6.45) is 3.76. The van der Waals surface area contributed by atoms with E-state index in [1.165, 1.54) is 13.2 Å². The molecule has 0 N–H and O–H groups in total. The second kappa shape index (κ2) is 16.8. The highest BCUT2D eigenvalue weighted by Crippen LogP contribution is 2.52. The van der Waals surface area contributed by atoms with Crippen molar-refractivity contribution in [3.05, 3.63) is 145 Å². The van der Waals surface area contributed by atoms with Crippen molar-refractivity contribution in [1.82, 2.24) is 0 Å². The molecular weight excluding hydrogens is 697 g/mol. The Hall–Kier alpha value is -4.71. The number of phosphoric acid groups is 1. The van der Waals surface area contributed by atoms with Crippen LogP contribution in [0.25, 0.3) is 12.2 Å². The topological polar surface area (TPSA) is 116 Å². The summed E-state index contributed by atoms with van der Waals surface area (Å²) >= 11 is 0. The van der Waals surface area contributed by atoms with Crippen LogP contribution < -0.4 is 27.1 Å². The van der Waals surface area contributed by atoms with Gasteiger partial charge in [0.15, 0.2) is 0 Å². The first-order valence-corrected chi connectivity index (χ1v) is 20.6. The quantitative estimate of drug-likeness (QED) is 0.0675. The third-order valence-electron chi connectivity index (χ3n) is 6.89. The predicted octanol–water partition coefficient (Wildman–Crippen LogP) is 11.4. The van der Waals surface area contributed by atoms with Crippen molar-refractivity contribution in [2.75, 3.05) is 19.4 Å². The molecule has 0 aromatic heterocycles. The molecule has 3 atom stereocenters. The van der Waals surface area contributed by atoms with E-state index >= 15 is 0 Å². The fourth-order valence-corrected chi connectivity index (χ4v) is 7.64. The van der Waals surface area contributed by atoms with E-state index in [4.69, 9.17) is 31.7 Å². The highest BCUT2D eigenvalue weighted by Gasteiger charge is 2.30. The highest BCUT2D eigenvalue weighted by atomic mass is 31.2. The molecule has 0 saturated carbocycles. The van der Waals surface area contributed by atoms with Crippen LogP contribution in [-0.4, -0.2) is 19.4 Å². The fourth-order valence-electron chi connectivity index (χ4n) is 4.36. The Bertz CT molecular complexity index is 1920. The summed E-state index contributed by atoms with van der Waals surface area (Å²) in [6, 6.07) is 37.7. The third-order valence-corrected chi connectivity index (χ3v) is 11.7. The molecule has 0 aliphatic heterocycles. The zero-order valence-electron chi connectivity index (χ0n) is 27.7. The largest absolute Gasteiger partial charge is 0.587 e. The molecule has 0 spiro atoms. The number of rotatable bonds is 17. The predicted molar refractivity (Wildman–Crippen MR) is 196 cm³/mol. The average molecular weight is 735 g/mol. The Morgan fingerprint density at radius 2 is 0.800 bits per heavy atom. The molecule has 0 bridgehead atoms. The lowest BCUT2D eigenvalue weighted by Gasteiger charge is -2.21. The van der Waals surface area contributed by atoms with Gasteiger partial charge in [-0.05, 0) is 71.8 Å². The Labute approximate surface area is 292 Å². The minimum absolute atomic E-state index is 0.0868. The van der Waals surface area contributed by atoms with Crippen LogP contribution in [0.4, 0.5) is 0 Å². The van der Waals surface area contributed by atoms with Gasteiger partial charge in [0.05, 0.1) is 12.3 Å². The Kier molecular flexibility index (Phi) is 12.3. The first-order chi connectivity index (χ1) is 24.1. The van der Waals surface area contributed by atoms with Gasteiger partial charge >= 0.3 is 23.0 Å². The summed E-state index contributed by atoms with van der Waals surface area (Å²) in [6.45, 7) is 3.41. The maximum Gasteiger partial charge on any atom is 0.587 e. The molecule has 5 rings (SSSR count). The van der Waals surface area contributed by atoms with Crippen LogP contribution in [0.2, 0.25) is 0 Å². The van der Waals surface area contributed by atoms with Crippen LogP contribution in [0.1, 0.15) is 25.0 Å². The van der Waals surface area contributed by atoms with Crippen molar-refractivity contribution in [2.45, 2.75) is 13.8 Å². The Balaban J connectivity index is 1.39. The van der Waals surface area contributed by atoms with Gasteiger partial charge in [0.1, 0.15) is 34.5 Å². The average Bonchev–Trinajstić information content (AvgIpc) is 3.12. The molecule has 0 radical (unpaired) electrons. The lowest BCUT2D eigenvalue weighted by atomic mass is 10.1. The van der Waals surface area contributed by atoms with Gasteiger partial charge < -0.3 is 27.1 Å². The second-order valence-corrected chi connectivity index (χ2v) is 16.7. The minimum Gasteiger partial charge on any atom is -0.416 e. The summed E-state index contributed by atoms with van der Waals surface area (Å²) in [4.78, 5) is 0. The lowest BCUT2D eigenvalue weighted by Crippen LogP contribution is -2.05. The number of hydrogen-bond acceptors (Lipinski definition) is 10. The van der Waals surface area contributed by atoms with E-state index in [1.807, 2.05) is 24.3 Å². The van der Waals surface area contributed by atoms with E-state index in [0.29, 0.717) is 22.8 Å². The molecule has 0 fully saturated rings. The highest BCUT2D eigenvalue weighted by molar-refractivity contribution is 7.55. The van der Waals surface area contributed by atoms with Crippen molar-refractivity contribution in [3.8, 4) is 34.5 Å². The molecule has 5 aromatic carbocycles. The first-order valence-electron chi connectivity index (χ1n) is 15.7. The molecule has 50 heavy (non-hydrogen) atoms. The van der Waals surface area contributed by atoms with Crippen molar-refractivity contribution in [2.24, 2.45) is 0 Å². The third kappa shape index (κ3) is 10.6. The molecule has 0 amide bonds. The second-order valence-electron chi connectivity index (χ2n) is 10.6. The van der Waals surface area contributed by atoms with Gasteiger partial charge in [-0.1, -0.05) is 92.7 Å². The molecule has 0 aliphatic carbocycles. The van der Waals surface area contributed by atoms with E-state index in [1.54, 1.807) is 129 Å². The van der Waals surface area contributed by atoms with Crippen molar-refractivity contribution in [3.63, 3.8) is 0 Å². The van der Waals surface area contributed by atoms with Crippen molar-refractivity contribution < 1.29 is 45.4 Å². The number of phosphoric ester groups is 1. The van der Waals surface area contributed by atoms with E-state index < -0.39 is 23.0 Å². The van der Waals surface area contributed by atoms with Gasteiger partial charge in [-0.3, -0.25) is 4.52 Å². The smallest absolute Gasteiger partial charge is 0.416 e. The van der Waals surface area contributed by atoms with Crippen molar-refractivity contribution >= 4 is 35.2 Å². The van der Waals surface area contributed by atoms with Crippen LogP contribution in [0.3, 0.4) is 0 Å². The molecule has 260 valence electrons. The zero-order chi connectivity index (χ0) is 35.5. The molecule has 10 nitrogen and oxygen atoms in total. The van der Waals surface area contributed by atoms with E-state index in [2.05, 4.69) is 0 Å². The lowest BCUT2D eigenvalue weighted by molar-refractivity contribution is 0.250. The monoisotopic (exact) mass is 734 g/mol. The number of para-hydroxylation sites is 3. The molecule has 13 heteroatoms. The van der Waals surface area contributed by atoms with Gasteiger partial charge in [0.2, 0.25) is 0 Å². The van der Waals surface area contributed by atoms with E-state index in [0.717, 1.165) is 5.56 Å². The van der Waals surface area contributed by atoms with Gasteiger partial charge in [-0.15, -0.1) is 0 Å². The maximum absolute atomic E-state index is 13.7. The summed E-state index contributed by atoms with van der Waals surface area (Å²) in [5, 5.41) is 0. The number of hydrogen-bond donors (Lipinski definition) is 0. The SMILES string of the molecule is CCP(=O)(Oc1ccccc1)Oc1cc(/C=C/c2ccc(OP(=O)(OC)Oc3ccccc3)cc2)cc(OP(=O)(CC)Oc2ccccc2)c1. The summed E-state index contributed by atoms with van der Waals surface area (Å²) in [5.74, 6) is 1.79. The van der Waals surface area contributed by atoms with Gasteiger partial charge in [0, 0.05) is 13.2 Å². The van der Waals surface area contributed by atoms with Crippen LogP contribution in [0.5, 0.6) is 34.5 Å². The molecule has 5 aromatic rings. The summed E-state index contributed by atoms with van der Waals surface area (Å²) in [7, 11) is -10.0. The number of benzene rings is 5. The summed E-state index contributed by atoms with van der Waals surface area (Å²) < 4.78 is 80.2. The maximum atomic E-state index is 13.7. The van der Waals surface area contributed by atoms with Crippen LogP contribution in [0.15, 0.2) is 133 Å². The van der Waals surface area contributed by atoms with Crippen LogP contribution in [0, 0.1) is 0 Å². The molecule has 0 heterocycles. The van der Waals surface area contributed by atoms with E-state index in [9.17, 15) is 13.7 Å². The van der Waals surface area contributed by atoms with Gasteiger partial charge in [-0.2, -0.15) is 0 Å². The van der Waals surface area contributed by atoms with Crippen molar-refractivity contribution in [1.29, 1.82) is 0 Å². The molecule has 3 unspecified atom stereocenters. The fraction of sp³-hybridized carbons (Fsp3) is 0.135. The standard InChI is InChI=1S/C37H37O10P3/c1-4-48(38,42-32-15-9-6-10-16-32)44-36-27-31(28-37(29-36)45-49(39,5-2)43-33-17-11-7-12-18-33)22-21-30-23-25-35(26-24-30)47-50(40,41-3)46-34-19-13-8-14-20-34/h6-29H,4-5H2,1-3H3/b22-21+. The first kappa shape index (κ1) is 36.6. The van der Waals surface area contributed by atoms with Crippen LogP contribution in [-0.2, 0) is 18.2 Å². The van der Waals surface area contributed by atoms with Gasteiger partial charge in [-0.25, -0.2) is 13.7 Å². The molecular formula is C37H37O10P3. The van der Waals surface area contributed by atoms with Crippen LogP contribution >= 0.6 is 23.0 Å². The molecule has 0 aliphatic rings. The normalized spacial score (nSPS) is 14.8. The van der Waals surface area contributed by atoms with Gasteiger partial charge in [0.25, 0.3) is 0 Å².